The van der Waals surface area contributed by atoms with E-state index in [1.807, 2.05) is 18.8 Å². The third-order valence-corrected chi connectivity index (χ3v) is 5.08. The average molecular weight is 419 g/mol. The summed E-state index contributed by atoms with van der Waals surface area (Å²) in [5, 5.41) is 7.77. The summed E-state index contributed by atoms with van der Waals surface area (Å²) in [4.78, 5) is 4.33. The number of benzene rings is 1. The summed E-state index contributed by atoms with van der Waals surface area (Å²) in [7, 11) is 1.84. The summed E-state index contributed by atoms with van der Waals surface area (Å²) in [6, 6.07) is 9.03. The molecule has 0 aromatic heterocycles. The van der Waals surface area contributed by atoms with Crippen LogP contribution in [-0.4, -0.2) is 30.6 Å². The molecule has 5 heteroatoms. The lowest BCUT2D eigenvalue weighted by Gasteiger charge is -2.18. The number of halogens is 1. The Hall–Kier alpha value is -0.430. The molecule has 1 aliphatic rings. The lowest BCUT2D eigenvalue weighted by atomic mass is 10.1. The Labute approximate surface area is 149 Å². The molecule has 0 amide bonds. The van der Waals surface area contributed by atoms with Gasteiger partial charge in [-0.05, 0) is 43.6 Å². The lowest BCUT2D eigenvalue weighted by Crippen LogP contribution is -2.42. The highest BCUT2D eigenvalue weighted by Crippen LogP contribution is 2.27. The van der Waals surface area contributed by atoms with Crippen LogP contribution in [0.15, 0.2) is 29.3 Å². The molecule has 0 saturated heterocycles. The smallest absolute Gasteiger partial charge is 0.191 e. The molecule has 2 rings (SSSR count). The van der Waals surface area contributed by atoms with Gasteiger partial charge in [-0.15, -0.1) is 24.0 Å². The Kier molecular flexibility index (Phi) is 8.48. The maximum Gasteiger partial charge on any atom is 0.191 e. The maximum atomic E-state index is 4.33. The van der Waals surface area contributed by atoms with E-state index >= 15 is 0 Å². The molecule has 1 saturated carbocycles. The second-order valence-corrected chi connectivity index (χ2v) is 6.50. The summed E-state index contributed by atoms with van der Waals surface area (Å²) in [5.74, 6) is 0.917. The summed E-state index contributed by atoms with van der Waals surface area (Å²) < 4.78 is 0. The van der Waals surface area contributed by atoms with E-state index in [1.54, 1.807) is 0 Å². The summed E-state index contributed by atoms with van der Waals surface area (Å²) >= 11 is 1.98. The topological polar surface area (TPSA) is 36.4 Å². The standard InChI is InChI=1S/C16H25N3S.HI/c1-12-6-4-5-7-13(12)11-18-16(17-2)19-14-8-9-15(10-14)20-3;/h4-7,14-15H,8-11H2,1-3H3,(H2,17,18,19);1H. The van der Waals surface area contributed by atoms with Gasteiger partial charge in [-0.25, -0.2) is 0 Å². The van der Waals surface area contributed by atoms with Gasteiger partial charge in [-0.2, -0.15) is 11.8 Å². The van der Waals surface area contributed by atoms with Crippen molar-refractivity contribution in [3.8, 4) is 0 Å². The Morgan fingerprint density at radius 2 is 2.10 bits per heavy atom. The first kappa shape index (κ1) is 18.6. The Bertz CT molecular complexity index is 465. The van der Waals surface area contributed by atoms with Gasteiger partial charge in [0.2, 0.25) is 0 Å². The Morgan fingerprint density at radius 1 is 1.33 bits per heavy atom. The normalized spacial score (nSPS) is 21.8. The van der Waals surface area contributed by atoms with Gasteiger partial charge in [0.15, 0.2) is 5.96 Å². The number of nitrogens with one attached hydrogen (secondary N) is 2. The van der Waals surface area contributed by atoms with E-state index < -0.39 is 0 Å². The van der Waals surface area contributed by atoms with Crippen LogP contribution in [0.5, 0.6) is 0 Å². The molecule has 0 radical (unpaired) electrons. The van der Waals surface area contributed by atoms with Crippen LogP contribution in [0.25, 0.3) is 0 Å². The zero-order chi connectivity index (χ0) is 14.4. The number of nitrogens with zero attached hydrogens (tertiary/aromatic N) is 1. The highest BCUT2D eigenvalue weighted by Gasteiger charge is 2.24. The van der Waals surface area contributed by atoms with Crippen LogP contribution >= 0.6 is 35.7 Å². The van der Waals surface area contributed by atoms with Crippen molar-refractivity contribution in [3.05, 3.63) is 35.4 Å². The second-order valence-electron chi connectivity index (χ2n) is 5.36. The number of rotatable bonds is 4. The van der Waals surface area contributed by atoms with Crippen LogP contribution < -0.4 is 10.6 Å². The van der Waals surface area contributed by atoms with Crippen molar-refractivity contribution in [2.75, 3.05) is 13.3 Å². The van der Waals surface area contributed by atoms with Crippen molar-refractivity contribution in [1.82, 2.24) is 10.6 Å². The molecule has 0 spiro atoms. The molecule has 2 atom stereocenters. The number of hydrogen-bond acceptors (Lipinski definition) is 2. The number of hydrogen-bond donors (Lipinski definition) is 2. The van der Waals surface area contributed by atoms with Crippen molar-refractivity contribution in [2.24, 2.45) is 4.99 Å². The van der Waals surface area contributed by atoms with Gasteiger partial charge in [-0.3, -0.25) is 4.99 Å². The van der Waals surface area contributed by atoms with Crippen molar-refractivity contribution >= 4 is 41.7 Å². The maximum absolute atomic E-state index is 4.33. The summed E-state index contributed by atoms with van der Waals surface area (Å²) in [6.45, 7) is 2.97. The number of aryl methyl sites for hydroxylation is 1. The van der Waals surface area contributed by atoms with Crippen molar-refractivity contribution < 1.29 is 0 Å². The SMILES string of the molecule is CN=C(NCc1ccccc1C)NC1CCC(SC)C1.I. The van der Waals surface area contributed by atoms with Crippen LogP contribution in [0.2, 0.25) is 0 Å². The molecular weight excluding hydrogens is 393 g/mol. The zero-order valence-corrected chi connectivity index (χ0v) is 16.2. The monoisotopic (exact) mass is 419 g/mol. The minimum absolute atomic E-state index is 0. The first-order valence-electron chi connectivity index (χ1n) is 7.27. The fraction of sp³-hybridized carbons (Fsp3) is 0.562. The third kappa shape index (κ3) is 5.70. The molecule has 0 heterocycles. The molecule has 1 aliphatic carbocycles. The average Bonchev–Trinajstić information content (AvgIpc) is 2.92. The minimum Gasteiger partial charge on any atom is -0.354 e. The second kappa shape index (κ2) is 9.56. The van der Waals surface area contributed by atoms with Crippen LogP contribution in [-0.2, 0) is 6.54 Å². The lowest BCUT2D eigenvalue weighted by molar-refractivity contribution is 0.614. The van der Waals surface area contributed by atoms with E-state index in [0.29, 0.717) is 6.04 Å². The molecular formula is C16H26IN3S. The van der Waals surface area contributed by atoms with Crippen molar-refractivity contribution in [3.63, 3.8) is 0 Å². The third-order valence-electron chi connectivity index (χ3n) is 3.99. The highest BCUT2D eigenvalue weighted by atomic mass is 127. The van der Waals surface area contributed by atoms with E-state index in [2.05, 4.69) is 53.1 Å². The largest absolute Gasteiger partial charge is 0.354 e. The molecule has 1 fully saturated rings. The molecule has 1 aromatic rings. The zero-order valence-electron chi connectivity index (χ0n) is 13.1. The quantitative estimate of drug-likeness (QED) is 0.445. The van der Waals surface area contributed by atoms with Gasteiger partial charge in [0.1, 0.15) is 0 Å². The van der Waals surface area contributed by atoms with Gasteiger partial charge in [0.05, 0.1) is 0 Å². The van der Waals surface area contributed by atoms with Crippen LogP contribution in [0.4, 0.5) is 0 Å². The fourth-order valence-electron chi connectivity index (χ4n) is 2.66. The van der Waals surface area contributed by atoms with E-state index in [-0.39, 0.29) is 24.0 Å². The summed E-state index contributed by atoms with van der Waals surface area (Å²) in [5.41, 5.74) is 2.64. The molecule has 2 unspecified atom stereocenters. The van der Waals surface area contributed by atoms with Crippen molar-refractivity contribution in [2.45, 2.75) is 44.0 Å². The molecule has 118 valence electrons. The Balaban J connectivity index is 0.00000220. The van der Waals surface area contributed by atoms with Crippen LogP contribution in [0.3, 0.4) is 0 Å². The number of thioether (sulfide) groups is 1. The first-order chi connectivity index (χ1) is 9.72. The number of guanidine groups is 1. The number of aliphatic imine (C=N–C) groups is 1. The molecule has 3 nitrogen and oxygen atoms in total. The van der Waals surface area contributed by atoms with Crippen LogP contribution in [0.1, 0.15) is 30.4 Å². The minimum atomic E-state index is 0. The van der Waals surface area contributed by atoms with Gasteiger partial charge in [0.25, 0.3) is 0 Å². The van der Waals surface area contributed by atoms with Crippen LogP contribution in [0, 0.1) is 6.92 Å². The predicted octanol–water partition coefficient (Wildman–Crippen LogP) is 3.56. The van der Waals surface area contributed by atoms with Gasteiger partial charge >= 0.3 is 0 Å². The highest BCUT2D eigenvalue weighted by molar-refractivity contribution is 14.0. The first-order valence-corrected chi connectivity index (χ1v) is 8.56. The Morgan fingerprint density at radius 3 is 2.71 bits per heavy atom. The predicted molar refractivity (Wildman–Crippen MR) is 105 cm³/mol. The van der Waals surface area contributed by atoms with Gasteiger partial charge in [-0.1, -0.05) is 24.3 Å². The van der Waals surface area contributed by atoms with E-state index in [9.17, 15) is 0 Å². The van der Waals surface area contributed by atoms with E-state index in [0.717, 1.165) is 17.8 Å². The molecule has 0 aliphatic heterocycles. The van der Waals surface area contributed by atoms with E-state index in [1.165, 1.54) is 30.4 Å². The summed E-state index contributed by atoms with van der Waals surface area (Å²) in [6.07, 6.45) is 6.01. The van der Waals surface area contributed by atoms with E-state index in [4.69, 9.17) is 0 Å². The molecule has 0 bridgehead atoms. The fourth-order valence-corrected chi connectivity index (χ4v) is 3.46. The van der Waals surface area contributed by atoms with Gasteiger partial charge < -0.3 is 10.6 Å². The molecule has 1 aromatic carbocycles. The van der Waals surface area contributed by atoms with Gasteiger partial charge in [0, 0.05) is 24.9 Å². The molecule has 21 heavy (non-hydrogen) atoms. The molecule has 2 N–H and O–H groups in total. The van der Waals surface area contributed by atoms with Crippen molar-refractivity contribution in [1.29, 1.82) is 0 Å².